The van der Waals surface area contributed by atoms with Crippen molar-refractivity contribution in [3.05, 3.63) is 18.5 Å². The predicted molar refractivity (Wildman–Crippen MR) is 69.9 cm³/mol. The summed E-state index contributed by atoms with van der Waals surface area (Å²) in [5.41, 5.74) is 2.35. The van der Waals surface area contributed by atoms with Gasteiger partial charge in [-0.05, 0) is 6.07 Å². The van der Waals surface area contributed by atoms with Crippen LogP contribution in [0.25, 0.3) is 5.95 Å². The van der Waals surface area contributed by atoms with Crippen molar-refractivity contribution in [1.29, 1.82) is 0 Å². The molecule has 0 radical (unpaired) electrons. The lowest BCUT2D eigenvalue weighted by Gasteiger charge is -2.07. The molecule has 0 saturated carbocycles. The van der Waals surface area contributed by atoms with Crippen LogP contribution in [0.3, 0.4) is 0 Å². The van der Waals surface area contributed by atoms with E-state index in [9.17, 15) is 4.79 Å². The lowest BCUT2D eigenvalue weighted by molar-refractivity contribution is -0.140. The highest BCUT2D eigenvalue weighted by Gasteiger charge is 2.08. The molecule has 2 aromatic rings. The molecular weight excluding hydrogens is 264 g/mol. The Morgan fingerprint density at radius 3 is 2.85 bits per heavy atom. The minimum absolute atomic E-state index is 0.186. The highest BCUT2D eigenvalue weighted by molar-refractivity contribution is 5.69. The van der Waals surface area contributed by atoms with Crippen LogP contribution in [0.1, 0.15) is 6.42 Å². The first kappa shape index (κ1) is 13.7. The molecule has 0 aliphatic heterocycles. The van der Waals surface area contributed by atoms with Crippen LogP contribution < -0.4 is 16.6 Å². The number of hydrazine groups is 1. The fourth-order valence-corrected chi connectivity index (χ4v) is 1.38. The highest BCUT2D eigenvalue weighted by atomic mass is 16.5. The zero-order chi connectivity index (χ0) is 14.4. The number of nitrogens with one attached hydrogen (secondary N) is 2. The number of methoxy groups -OCH3 is 1. The van der Waals surface area contributed by atoms with E-state index in [-0.39, 0.29) is 24.3 Å². The Kier molecular flexibility index (Phi) is 4.39. The van der Waals surface area contributed by atoms with Crippen LogP contribution in [0, 0.1) is 0 Å². The fourth-order valence-electron chi connectivity index (χ4n) is 1.38. The summed E-state index contributed by atoms with van der Waals surface area (Å²) in [5.74, 6) is 5.75. The number of carbonyl (C=O) groups excluding carboxylic acids is 1. The molecule has 106 valence electrons. The van der Waals surface area contributed by atoms with Crippen LogP contribution in [-0.4, -0.2) is 44.4 Å². The van der Waals surface area contributed by atoms with Gasteiger partial charge in [-0.3, -0.25) is 10.2 Å². The molecule has 20 heavy (non-hydrogen) atoms. The summed E-state index contributed by atoms with van der Waals surface area (Å²) < 4.78 is 6.00. The van der Waals surface area contributed by atoms with Crippen molar-refractivity contribution in [3.63, 3.8) is 0 Å². The molecule has 0 fully saturated rings. The Hall–Kier alpha value is -2.75. The first-order chi connectivity index (χ1) is 9.72. The molecule has 0 amide bonds. The maximum Gasteiger partial charge on any atom is 0.307 e. The summed E-state index contributed by atoms with van der Waals surface area (Å²) in [7, 11) is 1.33. The van der Waals surface area contributed by atoms with Gasteiger partial charge in [0, 0.05) is 18.9 Å². The number of carbonyl (C=O) groups is 1. The molecule has 0 unspecified atom stereocenters. The van der Waals surface area contributed by atoms with E-state index in [1.807, 2.05) is 0 Å². The van der Waals surface area contributed by atoms with E-state index in [1.54, 1.807) is 18.5 Å². The zero-order valence-corrected chi connectivity index (χ0v) is 10.8. The van der Waals surface area contributed by atoms with E-state index >= 15 is 0 Å². The number of nitrogens with two attached hydrogens (primary N) is 1. The van der Waals surface area contributed by atoms with Gasteiger partial charge in [0.2, 0.25) is 11.9 Å². The monoisotopic (exact) mass is 278 g/mol. The average molecular weight is 278 g/mol. The first-order valence-electron chi connectivity index (χ1n) is 5.76. The van der Waals surface area contributed by atoms with Crippen LogP contribution in [0.2, 0.25) is 0 Å². The van der Waals surface area contributed by atoms with Crippen LogP contribution in [0.4, 0.5) is 11.9 Å². The molecule has 0 aliphatic carbocycles. The van der Waals surface area contributed by atoms with Crippen molar-refractivity contribution in [2.45, 2.75) is 6.42 Å². The summed E-state index contributed by atoms with van der Waals surface area (Å²) >= 11 is 0. The second kappa shape index (κ2) is 6.43. The zero-order valence-electron chi connectivity index (χ0n) is 10.8. The minimum atomic E-state index is -0.323. The van der Waals surface area contributed by atoms with Crippen LogP contribution >= 0.6 is 0 Å². The van der Waals surface area contributed by atoms with E-state index in [1.165, 1.54) is 11.8 Å². The molecule has 10 heteroatoms. The van der Waals surface area contributed by atoms with Gasteiger partial charge < -0.3 is 10.1 Å². The van der Waals surface area contributed by atoms with Crippen molar-refractivity contribution in [1.82, 2.24) is 24.7 Å². The minimum Gasteiger partial charge on any atom is -0.469 e. The molecule has 2 aromatic heterocycles. The third kappa shape index (κ3) is 3.38. The topological polar surface area (TPSA) is 133 Å². The van der Waals surface area contributed by atoms with E-state index in [4.69, 9.17) is 5.84 Å². The van der Waals surface area contributed by atoms with Crippen LogP contribution in [0.5, 0.6) is 0 Å². The standard InChI is InChI=1S/C10H14N8O2/c1-20-7(19)3-5-12-8-14-9(17-11)16-10(15-8)18-6-2-4-13-18/h2,4,6H,3,5,11H2,1H3,(H2,12,14,15,16,17). The van der Waals surface area contributed by atoms with Gasteiger partial charge in [-0.25, -0.2) is 10.5 Å². The molecule has 2 heterocycles. The summed E-state index contributed by atoms with van der Waals surface area (Å²) in [4.78, 5) is 23.3. The molecule has 0 atom stereocenters. The van der Waals surface area contributed by atoms with Gasteiger partial charge in [-0.2, -0.15) is 20.1 Å². The van der Waals surface area contributed by atoms with E-state index in [0.717, 1.165) is 0 Å². The number of hydrogen-bond acceptors (Lipinski definition) is 9. The number of aromatic nitrogens is 5. The highest BCUT2D eigenvalue weighted by Crippen LogP contribution is 2.07. The van der Waals surface area contributed by atoms with Crippen molar-refractivity contribution < 1.29 is 9.53 Å². The predicted octanol–water partition coefficient (Wildman–Crippen LogP) is -0.682. The Morgan fingerprint density at radius 1 is 1.40 bits per heavy atom. The number of esters is 1. The molecule has 2 rings (SSSR count). The molecule has 0 aromatic carbocycles. The molecule has 0 bridgehead atoms. The van der Waals surface area contributed by atoms with Gasteiger partial charge in [0.25, 0.3) is 5.95 Å². The van der Waals surface area contributed by atoms with Crippen LogP contribution in [-0.2, 0) is 9.53 Å². The quantitative estimate of drug-likeness (QED) is 0.357. The van der Waals surface area contributed by atoms with Gasteiger partial charge >= 0.3 is 5.97 Å². The van der Waals surface area contributed by atoms with Gasteiger partial charge in [0.1, 0.15) is 0 Å². The van der Waals surface area contributed by atoms with E-state index < -0.39 is 0 Å². The smallest absolute Gasteiger partial charge is 0.307 e. The van der Waals surface area contributed by atoms with Crippen molar-refractivity contribution in [3.8, 4) is 5.95 Å². The van der Waals surface area contributed by atoms with Crippen molar-refractivity contribution >= 4 is 17.9 Å². The summed E-state index contributed by atoms with van der Waals surface area (Å²) in [5, 5.41) is 6.91. The Labute approximate surface area is 114 Å². The summed E-state index contributed by atoms with van der Waals surface area (Å²) in [6.07, 6.45) is 3.49. The molecule has 0 spiro atoms. The average Bonchev–Trinajstić information content (AvgIpc) is 3.01. The number of hydrogen-bond donors (Lipinski definition) is 3. The Bertz CT molecular complexity index is 571. The molecule has 10 nitrogen and oxygen atoms in total. The second-order valence-electron chi connectivity index (χ2n) is 3.63. The third-order valence-corrected chi connectivity index (χ3v) is 2.30. The largest absolute Gasteiger partial charge is 0.469 e. The number of anilines is 2. The first-order valence-corrected chi connectivity index (χ1v) is 5.76. The van der Waals surface area contributed by atoms with Gasteiger partial charge in [-0.15, -0.1) is 0 Å². The second-order valence-corrected chi connectivity index (χ2v) is 3.63. The van der Waals surface area contributed by atoms with E-state index in [2.05, 4.69) is 35.5 Å². The summed E-state index contributed by atoms with van der Waals surface area (Å²) in [6.45, 7) is 0.333. The van der Waals surface area contributed by atoms with Gasteiger partial charge in [0.05, 0.1) is 13.5 Å². The molecule has 4 N–H and O–H groups in total. The number of rotatable bonds is 6. The van der Waals surface area contributed by atoms with Crippen molar-refractivity contribution in [2.24, 2.45) is 5.84 Å². The van der Waals surface area contributed by atoms with Gasteiger partial charge in [-0.1, -0.05) is 0 Å². The normalized spacial score (nSPS) is 10.1. The molecule has 0 saturated heterocycles. The Morgan fingerprint density at radius 2 is 2.20 bits per heavy atom. The lowest BCUT2D eigenvalue weighted by Crippen LogP contribution is -2.17. The maximum atomic E-state index is 11.0. The summed E-state index contributed by atoms with van der Waals surface area (Å²) in [6, 6.07) is 1.74. The molecule has 0 aliphatic rings. The van der Waals surface area contributed by atoms with Crippen LogP contribution in [0.15, 0.2) is 18.5 Å². The lowest BCUT2D eigenvalue weighted by atomic mass is 10.4. The SMILES string of the molecule is COC(=O)CCNc1nc(NN)nc(-n2cccn2)n1. The Balaban J connectivity index is 2.12. The maximum absolute atomic E-state index is 11.0. The number of nitrogens with zero attached hydrogens (tertiary/aromatic N) is 5. The third-order valence-electron chi connectivity index (χ3n) is 2.30. The molecular formula is C10H14N8O2. The fraction of sp³-hybridized carbons (Fsp3) is 0.300. The van der Waals surface area contributed by atoms with Gasteiger partial charge in [0.15, 0.2) is 0 Å². The number of nitrogen functional groups attached to an aromatic ring is 1. The number of ether oxygens (including phenoxy) is 1. The van der Waals surface area contributed by atoms with Crippen molar-refractivity contribution in [2.75, 3.05) is 24.4 Å². The van der Waals surface area contributed by atoms with E-state index in [0.29, 0.717) is 12.5 Å².